The molecule has 2 aliphatic rings. The molecule has 0 aromatic heterocycles. The molecule has 0 aliphatic carbocycles. The molecular formula is C16H21FN2O2. The highest BCUT2D eigenvalue weighted by atomic mass is 19.1. The molecule has 1 aromatic carbocycles. The molecule has 0 spiro atoms. The predicted molar refractivity (Wildman–Crippen MR) is 77.8 cm³/mol. The van der Waals surface area contributed by atoms with Crippen LogP contribution in [0.1, 0.15) is 25.3 Å². The minimum absolute atomic E-state index is 0.0318. The Hall–Kier alpha value is -1.62. The Morgan fingerprint density at radius 3 is 3.00 bits per heavy atom. The summed E-state index contributed by atoms with van der Waals surface area (Å²) in [7, 11) is 0. The molecule has 114 valence electrons. The van der Waals surface area contributed by atoms with Crippen molar-refractivity contribution in [3.63, 3.8) is 0 Å². The number of hydrogen-bond acceptors (Lipinski definition) is 3. The van der Waals surface area contributed by atoms with Crippen LogP contribution in [0.25, 0.3) is 0 Å². The van der Waals surface area contributed by atoms with Crippen molar-refractivity contribution in [2.75, 3.05) is 19.6 Å². The first-order valence-corrected chi connectivity index (χ1v) is 7.61. The van der Waals surface area contributed by atoms with Gasteiger partial charge in [0, 0.05) is 31.6 Å². The molecule has 1 saturated heterocycles. The van der Waals surface area contributed by atoms with E-state index < -0.39 is 0 Å². The van der Waals surface area contributed by atoms with E-state index in [0.717, 1.165) is 37.2 Å². The van der Waals surface area contributed by atoms with Crippen LogP contribution in [0, 0.1) is 5.82 Å². The van der Waals surface area contributed by atoms with Gasteiger partial charge in [-0.15, -0.1) is 0 Å². The minimum Gasteiger partial charge on any atom is -0.488 e. The summed E-state index contributed by atoms with van der Waals surface area (Å²) in [5.74, 6) is 0.680. The van der Waals surface area contributed by atoms with Gasteiger partial charge < -0.3 is 15.0 Å². The van der Waals surface area contributed by atoms with Gasteiger partial charge in [0.05, 0.1) is 6.04 Å². The van der Waals surface area contributed by atoms with Gasteiger partial charge in [0.15, 0.2) is 0 Å². The zero-order valence-corrected chi connectivity index (χ0v) is 12.3. The van der Waals surface area contributed by atoms with Crippen molar-refractivity contribution in [1.29, 1.82) is 0 Å². The molecule has 2 unspecified atom stereocenters. The molecule has 0 saturated carbocycles. The zero-order valence-electron chi connectivity index (χ0n) is 12.3. The van der Waals surface area contributed by atoms with Crippen LogP contribution in [0.15, 0.2) is 18.2 Å². The summed E-state index contributed by atoms with van der Waals surface area (Å²) in [6, 6.07) is 4.40. The SMILES string of the molecule is CC(NCC1Cc2cc(F)ccc2O1)C(=O)N1CCCC1. The molecular weight excluding hydrogens is 271 g/mol. The number of likely N-dealkylation sites (tertiary alicyclic amines) is 1. The van der Waals surface area contributed by atoms with E-state index in [1.54, 1.807) is 6.07 Å². The minimum atomic E-state index is -0.233. The van der Waals surface area contributed by atoms with E-state index >= 15 is 0 Å². The van der Waals surface area contributed by atoms with Gasteiger partial charge in [0.1, 0.15) is 17.7 Å². The van der Waals surface area contributed by atoms with Crippen molar-refractivity contribution in [2.45, 2.75) is 38.3 Å². The maximum Gasteiger partial charge on any atom is 0.239 e. The molecule has 2 aliphatic heterocycles. The molecule has 1 aromatic rings. The van der Waals surface area contributed by atoms with Crippen molar-refractivity contribution < 1.29 is 13.9 Å². The summed E-state index contributed by atoms with van der Waals surface area (Å²) in [5.41, 5.74) is 0.903. The first-order chi connectivity index (χ1) is 10.1. The number of amides is 1. The Balaban J connectivity index is 1.49. The highest BCUT2D eigenvalue weighted by Crippen LogP contribution is 2.28. The standard InChI is InChI=1S/C16H21FN2O2/c1-11(16(20)19-6-2-3-7-19)18-10-14-9-12-8-13(17)4-5-15(12)21-14/h4-5,8,11,14,18H,2-3,6-7,9-10H2,1H3. The number of nitrogens with one attached hydrogen (secondary N) is 1. The van der Waals surface area contributed by atoms with Gasteiger partial charge >= 0.3 is 0 Å². The Kier molecular flexibility index (Phi) is 4.10. The van der Waals surface area contributed by atoms with Crippen molar-refractivity contribution in [3.8, 4) is 5.75 Å². The molecule has 21 heavy (non-hydrogen) atoms. The number of fused-ring (bicyclic) bond motifs is 1. The third kappa shape index (κ3) is 3.18. The predicted octanol–water partition coefficient (Wildman–Crippen LogP) is 1.73. The quantitative estimate of drug-likeness (QED) is 0.919. The summed E-state index contributed by atoms with van der Waals surface area (Å²) >= 11 is 0. The van der Waals surface area contributed by atoms with Gasteiger partial charge in [-0.05, 0) is 38.0 Å². The third-order valence-electron chi connectivity index (χ3n) is 4.20. The number of hydrogen-bond donors (Lipinski definition) is 1. The van der Waals surface area contributed by atoms with Crippen LogP contribution in [0.5, 0.6) is 5.75 Å². The molecule has 1 fully saturated rings. The maximum absolute atomic E-state index is 13.2. The summed E-state index contributed by atoms with van der Waals surface area (Å²) in [4.78, 5) is 14.1. The van der Waals surface area contributed by atoms with Crippen LogP contribution in [-0.2, 0) is 11.2 Å². The second-order valence-electron chi connectivity index (χ2n) is 5.86. The van der Waals surface area contributed by atoms with Gasteiger partial charge in [0.25, 0.3) is 0 Å². The first kappa shape index (κ1) is 14.3. The van der Waals surface area contributed by atoms with Crippen molar-refractivity contribution >= 4 is 5.91 Å². The highest BCUT2D eigenvalue weighted by molar-refractivity contribution is 5.81. The lowest BCUT2D eigenvalue weighted by Gasteiger charge is -2.22. The van der Waals surface area contributed by atoms with Crippen LogP contribution < -0.4 is 10.1 Å². The molecule has 2 atom stereocenters. The molecule has 4 nitrogen and oxygen atoms in total. The summed E-state index contributed by atoms with van der Waals surface area (Å²) < 4.78 is 18.9. The van der Waals surface area contributed by atoms with Gasteiger partial charge in [-0.1, -0.05) is 0 Å². The van der Waals surface area contributed by atoms with Gasteiger partial charge in [0.2, 0.25) is 5.91 Å². The Morgan fingerprint density at radius 2 is 2.24 bits per heavy atom. The first-order valence-electron chi connectivity index (χ1n) is 7.61. The van der Waals surface area contributed by atoms with E-state index in [2.05, 4.69) is 5.32 Å². The van der Waals surface area contributed by atoms with Crippen molar-refractivity contribution in [2.24, 2.45) is 0 Å². The lowest BCUT2D eigenvalue weighted by Crippen LogP contribution is -2.46. The van der Waals surface area contributed by atoms with Gasteiger partial charge in [-0.2, -0.15) is 0 Å². The lowest BCUT2D eigenvalue weighted by molar-refractivity contribution is -0.132. The smallest absolute Gasteiger partial charge is 0.239 e. The Morgan fingerprint density at radius 1 is 1.48 bits per heavy atom. The highest BCUT2D eigenvalue weighted by Gasteiger charge is 2.26. The van der Waals surface area contributed by atoms with E-state index in [1.165, 1.54) is 12.1 Å². The van der Waals surface area contributed by atoms with E-state index in [-0.39, 0.29) is 23.9 Å². The molecule has 3 rings (SSSR count). The third-order valence-corrected chi connectivity index (χ3v) is 4.20. The molecule has 0 bridgehead atoms. The van der Waals surface area contributed by atoms with E-state index in [9.17, 15) is 9.18 Å². The number of carbonyl (C=O) groups excluding carboxylic acids is 1. The monoisotopic (exact) mass is 292 g/mol. The summed E-state index contributed by atoms with van der Waals surface area (Å²) in [6.45, 7) is 4.23. The van der Waals surface area contributed by atoms with Crippen LogP contribution >= 0.6 is 0 Å². The number of ether oxygens (including phenoxy) is 1. The van der Waals surface area contributed by atoms with Gasteiger partial charge in [-0.25, -0.2) is 4.39 Å². The topological polar surface area (TPSA) is 41.6 Å². The number of benzene rings is 1. The molecule has 2 heterocycles. The van der Waals surface area contributed by atoms with Crippen LogP contribution in [0.4, 0.5) is 4.39 Å². The fourth-order valence-electron chi connectivity index (χ4n) is 3.01. The normalized spacial score (nSPS) is 22.0. The van der Waals surface area contributed by atoms with Crippen LogP contribution in [0.2, 0.25) is 0 Å². The number of halogens is 1. The van der Waals surface area contributed by atoms with Gasteiger partial charge in [-0.3, -0.25) is 4.79 Å². The molecule has 1 amide bonds. The number of nitrogens with zero attached hydrogens (tertiary/aromatic N) is 1. The summed E-state index contributed by atoms with van der Waals surface area (Å²) in [5, 5.41) is 3.24. The van der Waals surface area contributed by atoms with Crippen LogP contribution in [-0.4, -0.2) is 42.6 Å². The van der Waals surface area contributed by atoms with E-state index in [0.29, 0.717) is 13.0 Å². The summed E-state index contributed by atoms with van der Waals surface area (Å²) in [6.07, 6.45) is 2.86. The number of rotatable bonds is 4. The fraction of sp³-hybridized carbons (Fsp3) is 0.562. The number of carbonyl (C=O) groups is 1. The van der Waals surface area contributed by atoms with Crippen molar-refractivity contribution in [1.82, 2.24) is 10.2 Å². The van der Waals surface area contributed by atoms with E-state index in [4.69, 9.17) is 4.74 Å². The van der Waals surface area contributed by atoms with E-state index in [1.807, 2.05) is 11.8 Å². The average Bonchev–Trinajstić information content (AvgIpc) is 3.12. The molecule has 5 heteroatoms. The lowest BCUT2D eigenvalue weighted by atomic mass is 10.1. The largest absolute Gasteiger partial charge is 0.488 e. The Labute approximate surface area is 124 Å². The molecule has 1 N–H and O–H groups in total. The molecule has 0 radical (unpaired) electrons. The van der Waals surface area contributed by atoms with Crippen molar-refractivity contribution in [3.05, 3.63) is 29.6 Å². The van der Waals surface area contributed by atoms with Crippen LogP contribution in [0.3, 0.4) is 0 Å². The second-order valence-corrected chi connectivity index (χ2v) is 5.86. The fourth-order valence-corrected chi connectivity index (χ4v) is 3.01. The second kappa shape index (κ2) is 6.02. The average molecular weight is 292 g/mol. The Bertz CT molecular complexity index is 529. The maximum atomic E-state index is 13.2. The zero-order chi connectivity index (χ0) is 14.8.